The van der Waals surface area contributed by atoms with Gasteiger partial charge in [0.25, 0.3) is 0 Å². The normalized spacial score (nSPS) is 14.2. The third-order valence-electron chi connectivity index (χ3n) is 3.41. The molecule has 2 heteroatoms. The molecule has 2 rings (SSSR count). The second-order valence-corrected chi connectivity index (χ2v) is 5.84. The second-order valence-electron chi connectivity index (χ2n) is 5.40. The van der Waals surface area contributed by atoms with Gasteiger partial charge in [0.15, 0.2) is 0 Å². The van der Waals surface area contributed by atoms with Crippen molar-refractivity contribution in [1.82, 2.24) is 0 Å². The van der Waals surface area contributed by atoms with Gasteiger partial charge >= 0.3 is 0 Å². The molecule has 0 aliphatic rings. The topological polar surface area (TPSA) is 20.2 Å². The maximum absolute atomic E-state index is 10.8. The third kappa shape index (κ3) is 3.37. The fourth-order valence-electron chi connectivity index (χ4n) is 2.46. The van der Waals surface area contributed by atoms with E-state index in [1.165, 1.54) is 0 Å². The van der Waals surface area contributed by atoms with E-state index >= 15 is 0 Å². The van der Waals surface area contributed by atoms with Crippen LogP contribution in [0.2, 0.25) is 5.02 Å². The van der Waals surface area contributed by atoms with Gasteiger partial charge < -0.3 is 5.11 Å². The van der Waals surface area contributed by atoms with Crippen LogP contribution in [0.1, 0.15) is 29.2 Å². The number of benzene rings is 2. The van der Waals surface area contributed by atoms with Gasteiger partial charge in [-0.1, -0.05) is 47.5 Å². The lowest BCUT2D eigenvalue weighted by Gasteiger charge is -2.26. The summed E-state index contributed by atoms with van der Waals surface area (Å²) in [7, 11) is 0. The van der Waals surface area contributed by atoms with Crippen LogP contribution in [0.25, 0.3) is 0 Å². The average molecular weight is 275 g/mol. The van der Waals surface area contributed by atoms with E-state index in [2.05, 4.69) is 18.2 Å². The van der Waals surface area contributed by atoms with Crippen molar-refractivity contribution in [3.05, 3.63) is 69.7 Å². The molecule has 0 saturated carbocycles. The molecule has 2 aromatic carbocycles. The van der Waals surface area contributed by atoms with Crippen LogP contribution in [0.3, 0.4) is 0 Å². The van der Waals surface area contributed by atoms with Gasteiger partial charge in [-0.15, -0.1) is 0 Å². The van der Waals surface area contributed by atoms with Crippen molar-refractivity contribution < 1.29 is 5.11 Å². The Morgan fingerprint density at radius 1 is 1.11 bits per heavy atom. The summed E-state index contributed by atoms with van der Waals surface area (Å²) >= 11 is 5.99. The Morgan fingerprint density at radius 2 is 1.84 bits per heavy atom. The zero-order valence-electron chi connectivity index (χ0n) is 11.6. The van der Waals surface area contributed by atoms with E-state index in [0.717, 1.165) is 22.3 Å². The Bertz CT molecular complexity index is 588. The van der Waals surface area contributed by atoms with Crippen molar-refractivity contribution in [2.45, 2.75) is 32.8 Å². The molecule has 0 aliphatic heterocycles. The van der Waals surface area contributed by atoms with Gasteiger partial charge in [0.2, 0.25) is 0 Å². The van der Waals surface area contributed by atoms with Gasteiger partial charge in [-0.2, -0.15) is 0 Å². The van der Waals surface area contributed by atoms with Gasteiger partial charge in [0.1, 0.15) is 0 Å². The van der Waals surface area contributed by atoms with Crippen LogP contribution < -0.4 is 0 Å². The zero-order chi connectivity index (χ0) is 14.0. The molecule has 0 bridgehead atoms. The summed E-state index contributed by atoms with van der Waals surface area (Å²) in [6.45, 7) is 5.93. The van der Waals surface area contributed by atoms with E-state index in [1.807, 2.05) is 45.0 Å². The molecule has 1 unspecified atom stereocenters. The highest BCUT2D eigenvalue weighted by Crippen LogP contribution is 2.29. The maximum Gasteiger partial charge on any atom is 0.0911 e. The van der Waals surface area contributed by atoms with Crippen LogP contribution in [0, 0.1) is 13.8 Å². The van der Waals surface area contributed by atoms with E-state index in [9.17, 15) is 5.11 Å². The average Bonchev–Trinajstić information content (AvgIpc) is 2.31. The van der Waals surface area contributed by atoms with Crippen molar-refractivity contribution in [2.24, 2.45) is 0 Å². The smallest absolute Gasteiger partial charge is 0.0911 e. The minimum Gasteiger partial charge on any atom is -0.385 e. The summed E-state index contributed by atoms with van der Waals surface area (Å²) in [6.07, 6.45) is 0.553. The quantitative estimate of drug-likeness (QED) is 0.879. The SMILES string of the molecule is Cc1ccc(C)c(C(C)(O)Cc2cccc(Cl)c2)c1. The molecule has 1 atom stereocenters. The molecule has 0 amide bonds. The Hall–Kier alpha value is -1.31. The second kappa shape index (κ2) is 5.36. The van der Waals surface area contributed by atoms with Crippen molar-refractivity contribution in [2.75, 3.05) is 0 Å². The number of hydrogen-bond acceptors (Lipinski definition) is 1. The summed E-state index contributed by atoms with van der Waals surface area (Å²) < 4.78 is 0. The first-order chi connectivity index (χ1) is 8.88. The standard InChI is InChI=1S/C17H19ClO/c1-12-7-8-13(2)16(9-12)17(3,19)11-14-5-4-6-15(18)10-14/h4-10,19H,11H2,1-3H3. The fraction of sp³-hybridized carbons (Fsp3) is 0.294. The van der Waals surface area contributed by atoms with Crippen LogP contribution in [0.15, 0.2) is 42.5 Å². The molecule has 1 N–H and O–H groups in total. The van der Waals surface area contributed by atoms with Gasteiger partial charge in [-0.05, 0) is 49.6 Å². The predicted octanol–water partition coefficient (Wildman–Crippen LogP) is 4.41. The van der Waals surface area contributed by atoms with Crippen LogP contribution >= 0.6 is 11.6 Å². The largest absolute Gasteiger partial charge is 0.385 e. The molecule has 0 radical (unpaired) electrons. The number of aliphatic hydroxyl groups is 1. The highest BCUT2D eigenvalue weighted by atomic mass is 35.5. The molecule has 19 heavy (non-hydrogen) atoms. The fourth-order valence-corrected chi connectivity index (χ4v) is 2.67. The molecule has 0 heterocycles. The molecule has 1 nitrogen and oxygen atoms in total. The van der Waals surface area contributed by atoms with E-state index in [0.29, 0.717) is 11.4 Å². The first kappa shape index (κ1) is 14.1. The lowest BCUT2D eigenvalue weighted by atomic mass is 9.85. The van der Waals surface area contributed by atoms with Crippen molar-refractivity contribution >= 4 is 11.6 Å². The van der Waals surface area contributed by atoms with Gasteiger partial charge in [-0.25, -0.2) is 0 Å². The summed E-state index contributed by atoms with van der Waals surface area (Å²) in [6, 6.07) is 13.8. The number of hydrogen-bond donors (Lipinski definition) is 1. The molecular formula is C17H19ClO. The van der Waals surface area contributed by atoms with Gasteiger partial charge in [0.05, 0.1) is 5.60 Å². The minimum absolute atomic E-state index is 0.553. The van der Waals surface area contributed by atoms with E-state index in [-0.39, 0.29) is 0 Å². The van der Waals surface area contributed by atoms with Crippen LogP contribution in [-0.2, 0) is 12.0 Å². The highest BCUT2D eigenvalue weighted by molar-refractivity contribution is 6.30. The highest BCUT2D eigenvalue weighted by Gasteiger charge is 2.25. The molecule has 0 saturated heterocycles. The molecule has 0 aromatic heterocycles. The first-order valence-corrected chi connectivity index (χ1v) is 6.81. The lowest BCUT2D eigenvalue weighted by Crippen LogP contribution is -2.25. The zero-order valence-corrected chi connectivity index (χ0v) is 12.3. The minimum atomic E-state index is -0.888. The van der Waals surface area contributed by atoms with Gasteiger partial charge in [0, 0.05) is 11.4 Å². The number of halogens is 1. The van der Waals surface area contributed by atoms with Crippen molar-refractivity contribution in [1.29, 1.82) is 0 Å². The Morgan fingerprint density at radius 3 is 2.53 bits per heavy atom. The number of rotatable bonds is 3. The molecule has 2 aromatic rings. The molecule has 0 aliphatic carbocycles. The summed E-state index contributed by atoms with van der Waals surface area (Å²) in [5.74, 6) is 0. The van der Waals surface area contributed by atoms with E-state index in [4.69, 9.17) is 11.6 Å². The number of aryl methyl sites for hydroxylation is 2. The maximum atomic E-state index is 10.8. The molecule has 0 fully saturated rings. The van der Waals surface area contributed by atoms with Gasteiger partial charge in [-0.3, -0.25) is 0 Å². The third-order valence-corrected chi connectivity index (χ3v) is 3.65. The van der Waals surface area contributed by atoms with Crippen LogP contribution in [0.4, 0.5) is 0 Å². The molecule has 100 valence electrons. The van der Waals surface area contributed by atoms with Crippen molar-refractivity contribution in [3.8, 4) is 0 Å². The first-order valence-electron chi connectivity index (χ1n) is 6.43. The van der Waals surface area contributed by atoms with Crippen molar-refractivity contribution in [3.63, 3.8) is 0 Å². The predicted molar refractivity (Wildman–Crippen MR) is 80.6 cm³/mol. The van der Waals surface area contributed by atoms with E-state index < -0.39 is 5.60 Å². The molecular weight excluding hydrogens is 256 g/mol. The summed E-state index contributed by atoms with van der Waals surface area (Å²) in [4.78, 5) is 0. The van der Waals surface area contributed by atoms with Crippen LogP contribution in [0.5, 0.6) is 0 Å². The lowest BCUT2D eigenvalue weighted by molar-refractivity contribution is 0.0569. The van der Waals surface area contributed by atoms with E-state index in [1.54, 1.807) is 0 Å². The molecule has 0 spiro atoms. The Kier molecular flexibility index (Phi) is 3.98. The Balaban J connectivity index is 2.34. The monoisotopic (exact) mass is 274 g/mol. The van der Waals surface area contributed by atoms with Crippen LogP contribution in [-0.4, -0.2) is 5.11 Å². The summed E-state index contributed by atoms with van der Waals surface area (Å²) in [5.41, 5.74) is 3.40. The summed E-state index contributed by atoms with van der Waals surface area (Å²) in [5, 5.41) is 11.5. The Labute approximate surface area is 119 Å².